The number of carbonyl (C=O) groups is 2. The fourth-order valence-corrected chi connectivity index (χ4v) is 5.74. The van der Waals surface area contributed by atoms with Crippen LogP contribution in [0.15, 0.2) is 59.8 Å². The van der Waals surface area contributed by atoms with Crippen LogP contribution in [0, 0.1) is 18.7 Å². The van der Waals surface area contributed by atoms with Gasteiger partial charge in [0.05, 0.1) is 29.9 Å². The number of aryl methyl sites for hydroxylation is 1. The number of primary amides is 1. The van der Waals surface area contributed by atoms with E-state index in [1.165, 1.54) is 17.1 Å². The van der Waals surface area contributed by atoms with E-state index in [1.807, 2.05) is 52.0 Å². The molecule has 0 spiro atoms. The molecule has 1 aliphatic rings. The normalized spacial score (nSPS) is 18.8. The van der Waals surface area contributed by atoms with Gasteiger partial charge in [-0.05, 0) is 74.4 Å². The molecule has 0 aromatic heterocycles. The number of benzene rings is 2. The van der Waals surface area contributed by atoms with Crippen molar-refractivity contribution in [2.24, 2.45) is 11.7 Å². The maximum Gasteiger partial charge on any atom is 0.338 e. The van der Waals surface area contributed by atoms with Crippen LogP contribution in [0.2, 0.25) is 0 Å². The summed E-state index contributed by atoms with van der Waals surface area (Å²) in [6.45, 7) is 7.89. The molecule has 10 heteroatoms. The van der Waals surface area contributed by atoms with Crippen molar-refractivity contribution in [3.8, 4) is 0 Å². The van der Waals surface area contributed by atoms with Crippen molar-refractivity contribution < 1.29 is 29.3 Å². The number of hydrogen-bond donors (Lipinski definition) is 4. The van der Waals surface area contributed by atoms with Gasteiger partial charge in [-0.2, -0.15) is 0 Å². The zero-order valence-corrected chi connectivity index (χ0v) is 25.4. The number of halogens is 1. The van der Waals surface area contributed by atoms with Crippen molar-refractivity contribution in [3.63, 3.8) is 0 Å². The summed E-state index contributed by atoms with van der Waals surface area (Å²) in [4.78, 5) is 23.8. The quantitative estimate of drug-likeness (QED) is 0.312. The summed E-state index contributed by atoms with van der Waals surface area (Å²) in [5.74, 6) is -1.57. The predicted molar refractivity (Wildman–Crippen MR) is 149 cm³/mol. The number of rotatable bonds is 11. The van der Waals surface area contributed by atoms with Gasteiger partial charge in [0.2, 0.25) is 0 Å². The second-order valence-electron chi connectivity index (χ2n) is 10.5. The first kappa shape index (κ1) is 32.8. The summed E-state index contributed by atoms with van der Waals surface area (Å²) in [5.41, 5.74) is 9.34. The number of urea groups is 1. The van der Waals surface area contributed by atoms with Gasteiger partial charge in [-0.15, -0.1) is 0 Å². The van der Waals surface area contributed by atoms with Crippen molar-refractivity contribution >= 4 is 47.2 Å². The molecule has 8 nitrogen and oxygen atoms in total. The summed E-state index contributed by atoms with van der Waals surface area (Å²) >= 11 is 0. The average Bonchev–Trinajstić information content (AvgIpc) is 3.07. The third-order valence-electron chi connectivity index (χ3n) is 7.13. The summed E-state index contributed by atoms with van der Waals surface area (Å²) < 4.78 is 13.9. The van der Waals surface area contributed by atoms with E-state index in [1.54, 1.807) is 17.1 Å². The molecule has 3 rings (SSSR count). The third-order valence-corrected chi connectivity index (χ3v) is 7.13. The largest absolute Gasteiger partial charge is 0.481 e. The first-order chi connectivity index (χ1) is 17.9. The molecule has 2 aromatic carbocycles. The van der Waals surface area contributed by atoms with E-state index in [2.05, 4.69) is 0 Å². The van der Waals surface area contributed by atoms with Crippen molar-refractivity contribution in [2.45, 2.75) is 77.5 Å². The predicted octanol–water partition coefficient (Wildman–Crippen LogP) is 4.15. The number of nitrogens with two attached hydrogens (primary N) is 1. The number of carbonyl (C=O) groups excluding carboxylic acids is 1. The van der Waals surface area contributed by atoms with Gasteiger partial charge in [-0.25, -0.2) is 14.2 Å². The number of nitrogens with zero attached hydrogens (tertiary/aromatic N) is 2. The molecule has 1 unspecified atom stereocenters. The second-order valence-corrected chi connectivity index (χ2v) is 10.5. The van der Waals surface area contributed by atoms with Gasteiger partial charge in [0, 0.05) is 41.7 Å². The van der Waals surface area contributed by atoms with E-state index in [-0.39, 0.29) is 48.3 Å². The van der Waals surface area contributed by atoms with Crippen molar-refractivity contribution in [3.05, 3.63) is 76.7 Å². The number of carboxylic acids is 1. The third kappa shape index (κ3) is 7.61. The Bertz CT molecular complexity index is 1170. The fraction of sp³-hybridized carbons (Fsp3) is 0.448. The first-order valence-corrected chi connectivity index (χ1v) is 12.9. The average molecular weight is 551 g/mol. The molecule has 5 N–H and O–H groups in total. The van der Waals surface area contributed by atoms with Crippen molar-refractivity contribution in [2.75, 3.05) is 5.01 Å². The maximum atomic E-state index is 13.9. The van der Waals surface area contributed by atoms with Crippen LogP contribution in [0.5, 0.6) is 0 Å². The van der Waals surface area contributed by atoms with Crippen molar-refractivity contribution in [1.29, 1.82) is 0 Å². The zero-order chi connectivity index (χ0) is 28.2. The Kier molecular flexibility index (Phi) is 11.6. The van der Waals surface area contributed by atoms with E-state index >= 15 is 0 Å². The smallest absolute Gasteiger partial charge is 0.338 e. The number of carboxylic acid groups (broad SMARTS) is 1. The molecule has 2 amide bonds. The van der Waals surface area contributed by atoms with Gasteiger partial charge in [0.25, 0.3) is 0 Å². The number of hydrogen-bond acceptors (Lipinski definition) is 5. The Morgan fingerprint density at radius 3 is 2.10 bits per heavy atom. The molecule has 1 heterocycles. The second kappa shape index (κ2) is 13.8. The summed E-state index contributed by atoms with van der Waals surface area (Å²) in [6.07, 6.45) is -1.68. The Labute approximate surface area is 251 Å². The van der Waals surface area contributed by atoms with Crippen LogP contribution < -0.4 is 10.7 Å². The van der Waals surface area contributed by atoms with Gasteiger partial charge in [-0.1, -0.05) is 43.7 Å². The van der Waals surface area contributed by atoms with Crippen molar-refractivity contribution in [1.82, 2.24) is 5.01 Å². The van der Waals surface area contributed by atoms with Crippen LogP contribution in [0.1, 0.15) is 57.6 Å². The summed E-state index contributed by atoms with van der Waals surface area (Å²) in [6, 6.07) is 13.2. The zero-order valence-electron chi connectivity index (χ0n) is 23.4. The molecule has 207 valence electrons. The molecule has 3 atom stereocenters. The van der Waals surface area contributed by atoms with Crippen LogP contribution in [0.3, 0.4) is 0 Å². The molecule has 0 saturated heterocycles. The molecule has 39 heavy (non-hydrogen) atoms. The van der Waals surface area contributed by atoms with Gasteiger partial charge in [0.1, 0.15) is 5.82 Å². The van der Waals surface area contributed by atoms with Gasteiger partial charge >= 0.3 is 12.0 Å². The van der Waals surface area contributed by atoms with Crippen LogP contribution >= 0.6 is 0 Å². The minimum Gasteiger partial charge on any atom is -0.481 e. The maximum absolute atomic E-state index is 13.9. The summed E-state index contributed by atoms with van der Waals surface area (Å²) in [5, 5.41) is 33.1. The molecular formula is C29H38FN3NaO5. The molecular weight excluding hydrogens is 512 g/mol. The number of aliphatic hydroxyl groups excluding tert-OH is 2. The monoisotopic (exact) mass is 550 g/mol. The standard InChI is InChI=1S/C29H38FN3O5.Na/c1-18(2)27-20(4)32(28(31)38)33(23-11-9-22(30)10-12-23)29(27,17-21-7-5-19(3)6-8-21)14-13-24(34)15-25(35)16-26(36)37;/h5-12,18,24-25,34-35H,13-17H2,1-4H3,(H2,31,38)(H,36,37);/t24-,25-,29?;/m1./s1. The first-order valence-electron chi connectivity index (χ1n) is 12.9. The number of aliphatic carboxylic acids is 1. The molecule has 1 radical (unpaired) electrons. The van der Waals surface area contributed by atoms with E-state index in [9.17, 15) is 24.2 Å². The van der Waals surface area contributed by atoms with Crippen LogP contribution in [-0.4, -0.2) is 79.6 Å². The number of anilines is 1. The SMILES string of the molecule is CC1=C(C(C)C)C(CC[C@@H](O)C[C@@H](O)CC(=O)O)(Cc2ccc(C)cc2)N(c2ccc(F)cc2)N1C(N)=O.[Na]. The van der Waals surface area contributed by atoms with E-state index in [0.29, 0.717) is 24.2 Å². The van der Waals surface area contributed by atoms with E-state index in [0.717, 1.165) is 16.7 Å². The number of hydrazine groups is 1. The fourth-order valence-electron chi connectivity index (χ4n) is 5.74. The number of aliphatic hydroxyl groups is 2. The van der Waals surface area contributed by atoms with Crippen LogP contribution in [0.25, 0.3) is 0 Å². The Balaban J connectivity index is 0.00000533. The molecule has 0 fully saturated rings. The Morgan fingerprint density at radius 1 is 1.00 bits per heavy atom. The molecule has 0 aliphatic carbocycles. The number of amides is 2. The summed E-state index contributed by atoms with van der Waals surface area (Å²) in [7, 11) is 0. The van der Waals surface area contributed by atoms with E-state index < -0.39 is 42.0 Å². The molecule has 2 aromatic rings. The van der Waals surface area contributed by atoms with Gasteiger partial charge < -0.3 is 21.1 Å². The minimum absolute atomic E-state index is 0. The number of allylic oxidation sites excluding steroid dienone is 1. The molecule has 0 saturated carbocycles. The van der Waals surface area contributed by atoms with E-state index in [4.69, 9.17) is 10.8 Å². The van der Waals surface area contributed by atoms with Crippen LogP contribution in [-0.2, 0) is 11.2 Å². The van der Waals surface area contributed by atoms with Gasteiger partial charge in [0.15, 0.2) is 0 Å². The Hall–Kier alpha value is -2.43. The minimum atomic E-state index is -1.18. The van der Waals surface area contributed by atoms with Crippen LogP contribution in [0.4, 0.5) is 14.9 Å². The molecule has 1 aliphatic heterocycles. The molecule has 0 bridgehead atoms. The Morgan fingerprint density at radius 2 is 1.59 bits per heavy atom. The van der Waals surface area contributed by atoms with Gasteiger partial charge in [-0.3, -0.25) is 9.80 Å². The topological polar surface area (TPSA) is 127 Å².